The Hall–Kier alpha value is -9.87. The van der Waals surface area contributed by atoms with Crippen LogP contribution in [0.5, 0.6) is 23.0 Å². The van der Waals surface area contributed by atoms with Crippen LogP contribution in [0.3, 0.4) is 0 Å². The Kier molecular flexibility index (Phi) is 12.7. The van der Waals surface area contributed by atoms with Crippen LogP contribution in [0.1, 0.15) is 111 Å². The van der Waals surface area contributed by atoms with Gasteiger partial charge in [-0.1, -0.05) is 91.0 Å². The third-order valence-electron chi connectivity index (χ3n) is 19.2. The minimum Gasteiger partial charge on any atom is -0.457 e. The van der Waals surface area contributed by atoms with Crippen molar-refractivity contribution in [1.82, 2.24) is 18.7 Å². The molecule has 14 aromatic rings. The Morgan fingerprint density at radius 3 is 1.60 bits per heavy atom. The number of imidazole rings is 1. The van der Waals surface area contributed by atoms with Gasteiger partial charge in [0.05, 0.1) is 5.41 Å². The number of para-hydroxylation sites is 4. The molecule has 1 spiro atoms. The van der Waals surface area contributed by atoms with E-state index in [1.807, 2.05) is 54.6 Å². The molecule has 0 radical (unpaired) electrons. The molecule has 93 heavy (non-hydrogen) atoms. The normalized spacial score (nSPS) is 13.9. The number of pyridine rings is 1. The monoisotopic (exact) mass is 1390 g/mol. The second-order valence-corrected chi connectivity index (χ2v) is 29.1. The fraction of sp³-hybridized carbons (Fsp3) is 0.163. The molecule has 0 N–H and O–H groups in total. The van der Waals surface area contributed by atoms with Gasteiger partial charge in [-0.2, -0.15) is 0 Å². The molecule has 1 aliphatic heterocycles. The van der Waals surface area contributed by atoms with Gasteiger partial charge < -0.3 is 4.74 Å². The number of nitrogens with zero attached hydrogens (tertiary/aromatic N) is 4. The van der Waals surface area contributed by atoms with E-state index in [1.54, 1.807) is 12.3 Å². The van der Waals surface area contributed by atoms with E-state index in [0.717, 1.165) is 104 Å². The maximum atomic E-state index is 9.03. The molecule has 458 valence electrons. The summed E-state index contributed by atoms with van der Waals surface area (Å²) in [4.78, 5) is 5.23. The van der Waals surface area contributed by atoms with E-state index in [4.69, 9.17) is 18.6 Å². The van der Waals surface area contributed by atoms with Gasteiger partial charge in [0.15, 0.2) is 0 Å². The molecule has 11 aromatic carbocycles. The SMILES string of the molecule is [2H]C([2H])([2H])c1cc(-n2c3cc(Oc4cccc(-n5[c](=[Pt])n(-c6c(-c7ccccc7)cc(C(C)(C)C)cc6-c6cc(C(C)(C)C)cc(C(C)(C)C)c6)c6ccccc65)c4)ccc3c3cc4c(cc32)C2(c3ccccc3Oc3ccccc32)c2ccccc2-4)ncc1-c1ccccc1. The van der Waals surface area contributed by atoms with Crippen molar-refractivity contribution in [2.75, 3.05) is 0 Å². The zero-order chi connectivity index (χ0) is 66.4. The van der Waals surface area contributed by atoms with E-state index >= 15 is 0 Å². The Balaban J connectivity index is 0.891. The molecular weight excluding hydrogens is 1320 g/mol. The fourth-order valence-electron chi connectivity index (χ4n) is 14.5. The minimum absolute atomic E-state index is 0.100. The molecule has 0 saturated carbocycles. The molecule has 1 aliphatic carbocycles. The van der Waals surface area contributed by atoms with Crippen LogP contribution < -0.4 is 9.47 Å². The van der Waals surface area contributed by atoms with Crippen LogP contribution in [0.15, 0.2) is 255 Å². The number of hydrogen-bond donors (Lipinski definition) is 0. The number of aryl methyl sites for hydroxylation is 1. The van der Waals surface area contributed by atoms with Gasteiger partial charge >= 0.3 is 371 Å². The average molecular weight is 1390 g/mol. The Labute approximate surface area is 559 Å². The quantitative estimate of drug-likeness (QED) is 0.152. The average Bonchev–Trinajstić information content (AvgIpc) is 1.49. The van der Waals surface area contributed by atoms with Crippen molar-refractivity contribution in [1.29, 1.82) is 0 Å². The zero-order valence-electron chi connectivity index (χ0n) is 56.7. The van der Waals surface area contributed by atoms with Crippen LogP contribution in [-0.2, 0) is 41.0 Å². The summed E-state index contributed by atoms with van der Waals surface area (Å²) in [6.07, 6.45) is 1.72. The number of aromatic nitrogens is 4. The van der Waals surface area contributed by atoms with Gasteiger partial charge in [0, 0.05) is 27.0 Å². The second-order valence-electron chi connectivity index (χ2n) is 28.1. The predicted octanol–water partition coefficient (Wildman–Crippen LogP) is 22.5. The Morgan fingerprint density at radius 2 is 0.957 bits per heavy atom. The first-order valence-electron chi connectivity index (χ1n) is 33.6. The summed E-state index contributed by atoms with van der Waals surface area (Å²) >= 11 is 2.54. The van der Waals surface area contributed by atoms with Crippen molar-refractivity contribution in [2.45, 2.75) is 90.8 Å². The van der Waals surface area contributed by atoms with Gasteiger partial charge in [0.2, 0.25) is 0 Å². The van der Waals surface area contributed by atoms with Gasteiger partial charge in [-0.05, 0) is 52.4 Å². The van der Waals surface area contributed by atoms with E-state index in [-0.39, 0.29) is 21.8 Å². The molecule has 0 saturated heterocycles. The molecular formula is C86H72N4O2Pt. The number of hydrogen-bond acceptors (Lipinski definition) is 3. The van der Waals surface area contributed by atoms with E-state index in [9.17, 15) is 0 Å². The minimum atomic E-state index is -2.47. The van der Waals surface area contributed by atoms with Crippen molar-refractivity contribution in [2.24, 2.45) is 0 Å². The molecule has 0 bridgehead atoms. The number of benzene rings is 11. The standard InChI is InChI=1S/C86H72N4O2.Pt/c1-54-42-81(87-52-70(54)56-28-15-12-16-29-56)90-77-49-63(40-41-65(77)69-50-68-64-32-17-18-33-71(64)86(74(68)51-78(69)90)72-34-19-23-38-79(72)92-80-39-24-20-35-73(80)86)91-62-31-25-30-61(48-62)88-53-89(76-37-22-21-36-75(76)88)82-66(55-26-13-11-14-27-55)46-60(85(8,9)10)47-67(82)57-43-58(83(2,3)4)45-59(44-57)84(5,6)7;/h11-52H,1-10H3;/i1D3;. The zero-order valence-corrected chi connectivity index (χ0v) is 55.9. The summed E-state index contributed by atoms with van der Waals surface area (Å²) < 4.78 is 48.9. The van der Waals surface area contributed by atoms with Crippen LogP contribution in [0.4, 0.5) is 0 Å². The molecule has 0 fully saturated rings. The van der Waals surface area contributed by atoms with Gasteiger partial charge in [-0.15, -0.1) is 0 Å². The first-order chi connectivity index (χ1) is 46.0. The van der Waals surface area contributed by atoms with Crippen LogP contribution in [-0.4, -0.2) is 18.7 Å². The number of fused-ring (bicyclic) bond motifs is 13. The van der Waals surface area contributed by atoms with Gasteiger partial charge in [0.25, 0.3) is 0 Å². The van der Waals surface area contributed by atoms with Crippen molar-refractivity contribution in [3.63, 3.8) is 0 Å². The van der Waals surface area contributed by atoms with E-state index in [2.05, 4.69) is 283 Å². The second kappa shape index (κ2) is 21.6. The third-order valence-corrected chi connectivity index (χ3v) is 20.2. The summed E-state index contributed by atoms with van der Waals surface area (Å²) in [5, 5.41) is 1.96. The molecule has 16 rings (SSSR count). The smallest absolute Gasteiger partial charge is 0.457 e. The molecule has 0 atom stereocenters. The summed E-state index contributed by atoms with van der Waals surface area (Å²) in [5.41, 5.74) is 21.4. The van der Waals surface area contributed by atoms with E-state index in [0.29, 0.717) is 22.9 Å². The molecule has 6 nitrogen and oxygen atoms in total. The maximum absolute atomic E-state index is 9.03. The first kappa shape index (κ1) is 54.8. The van der Waals surface area contributed by atoms with Crippen LogP contribution in [0.25, 0.3) is 94.5 Å². The Bertz CT molecular complexity index is 5480. The molecule has 3 aromatic heterocycles. The van der Waals surface area contributed by atoms with E-state index < -0.39 is 12.3 Å². The summed E-state index contributed by atoms with van der Waals surface area (Å²) in [6.45, 7) is 18.4. The third kappa shape index (κ3) is 9.46. The van der Waals surface area contributed by atoms with Crippen LogP contribution >= 0.6 is 0 Å². The molecule has 0 unspecified atom stereocenters. The summed E-state index contributed by atoms with van der Waals surface area (Å²) in [6, 6.07) is 87.9. The summed E-state index contributed by atoms with van der Waals surface area (Å²) in [7, 11) is 0. The van der Waals surface area contributed by atoms with Crippen LogP contribution in [0, 0.1) is 10.7 Å². The van der Waals surface area contributed by atoms with Crippen LogP contribution in [0.2, 0.25) is 0 Å². The van der Waals surface area contributed by atoms with E-state index in [1.165, 1.54) is 33.4 Å². The fourth-order valence-corrected chi connectivity index (χ4v) is 15.6. The van der Waals surface area contributed by atoms with Gasteiger partial charge in [-0.25, -0.2) is 0 Å². The van der Waals surface area contributed by atoms with Gasteiger partial charge in [-0.3, -0.25) is 0 Å². The predicted molar refractivity (Wildman–Crippen MR) is 379 cm³/mol. The summed E-state index contributed by atoms with van der Waals surface area (Å²) in [5.74, 6) is 3.33. The molecule has 2 aliphatic rings. The van der Waals surface area contributed by atoms with Crippen molar-refractivity contribution >= 4 is 32.8 Å². The number of ether oxygens (including phenoxy) is 2. The topological polar surface area (TPSA) is 46.1 Å². The van der Waals surface area contributed by atoms with Gasteiger partial charge in [0.1, 0.15) is 11.5 Å². The first-order valence-corrected chi connectivity index (χ1v) is 33.2. The number of rotatable bonds is 8. The van der Waals surface area contributed by atoms with Crippen molar-refractivity contribution in [3.05, 3.63) is 303 Å². The van der Waals surface area contributed by atoms with Crippen molar-refractivity contribution in [3.8, 4) is 84.7 Å². The Morgan fingerprint density at radius 1 is 0.409 bits per heavy atom. The molecule has 7 heteroatoms. The molecule has 0 amide bonds. The molecule has 4 heterocycles. The van der Waals surface area contributed by atoms with Crippen molar-refractivity contribution < 1.29 is 32.9 Å².